The number of nitrogens with zero attached hydrogens (tertiary/aromatic N) is 2. The van der Waals surface area contributed by atoms with Crippen LogP contribution in [0.3, 0.4) is 0 Å². The van der Waals surface area contributed by atoms with Crippen LogP contribution in [0.25, 0.3) is 0 Å². The van der Waals surface area contributed by atoms with E-state index in [1.165, 1.54) is 6.07 Å². The zero-order valence-corrected chi connectivity index (χ0v) is 10.8. The fourth-order valence-electron chi connectivity index (χ4n) is 1.93. The number of halogens is 2. The molecule has 2 aromatic rings. The molecular weight excluding hydrogens is 248 g/mol. The molecule has 0 aliphatic rings. The molecule has 3 nitrogen and oxygen atoms in total. The zero-order valence-electron chi connectivity index (χ0n) is 10.8. The van der Waals surface area contributed by atoms with Crippen LogP contribution in [0.2, 0.25) is 0 Å². The molecule has 19 heavy (non-hydrogen) atoms. The van der Waals surface area contributed by atoms with E-state index in [0.717, 1.165) is 17.8 Å². The van der Waals surface area contributed by atoms with Gasteiger partial charge in [-0.3, -0.25) is 9.97 Å². The molecule has 0 spiro atoms. The number of rotatable bonds is 4. The number of aromatic nitrogens is 2. The van der Waals surface area contributed by atoms with Crippen LogP contribution >= 0.6 is 0 Å². The molecule has 1 N–H and O–H groups in total. The smallest absolute Gasteiger partial charge is 0.128 e. The van der Waals surface area contributed by atoms with Crippen LogP contribution in [-0.2, 0) is 0 Å². The molecule has 1 aromatic carbocycles. The molecule has 0 aliphatic carbocycles. The molecule has 2 atom stereocenters. The number of hydrogen-bond acceptors (Lipinski definition) is 3. The Bertz CT molecular complexity index is 546. The Morgan fingerprint density at radius 1 is 1.11 bits per heavy atom. The molecule has 1 heterocycles. The van der Waals surface area contributed by atoms with E-state index in [1.807, 2.05) is 6.92 Å². The lowest BCUT2D eigenvalue weighted by atomic mass is 10.1. The molecule has 0 radical (unpaired) electrons. The molecule has 2 rings (SSSR count). The van der Waals surface area contributed by atoms with Crippen molar-refractivity contribution in [2.24, 2.45) is 0 Å². The van der Waals surface area contributed by atoms with Gasteiger partial charge in [0.2, 0.25) is 0 Å². The highest BCUT2D eigenvalue weighted by atomic mass is 19.1. The number of nitrogens with one attached hydrogen (secondary N) is 1. The van der Waals surface area contributed by atoms with Crippen molar-refractivity contribution in [1.82, 2.24) is 15.3 Å². The van der Waals surface area contributed by atoms with Crippen molar-refractivity contribution in [2.75, 3.05) is 0 Å². The lowest BCUT2D eigenvalue weighted by Gasteiger charge is -2.20. The fourth-order valence-corrected chi connectivity index (χ4v) is 1.93. The van der Waals surface area contributed by atoms with E-state index >= 15 is 0 Å². The zero-order chi connectivity index (χ0) is 13.8. The van der Waals surface area contributed by atoms with Crippen molar-refractivity contribution < 1.29 is 8.78 Å². The SMILES string of the molecule is CC(NC(C)c1cc(F)ccc1F)c1cnccn1. The van der Waals surface area contributed by atoms with Crippen molar-refractivity contribution >= 4 is 0 Å². The van der Waals surface area contributed by atoms with Gasteiger partial charge in [0.15, 0.2) is 0 Å². The molecule has 1 aromatic heterocycles. The van der Waals surface area contributed by atoms with Gasteiger partial charge in [-0.25, -0.2) is 8.78 Å². The van der Waals surface area contributed by atoms with E-state index in [0.29, 0.717) is 5.56 Å². The molecule has 0 amide bonds. The van der Waals surface area contributed by atoms with Crippen LogP contribution < -0.4 is 5.32 Å². The van der Waals surface area contributed by atoms with Crippen molar-refractivity contribution in [3.8, 4) is 0 Å². The van der Waals surface area contributed by atoms with Gasteiger partial charge >= 0.3 is 0 Å². The lowest BCUT2D eigenvalue weighted by Crippen LogP contribution is -2.24. The molecule has 0 aliphatic heterocycles. The van der Waals surface area contributed by atoms with Gasteiger partial charge < -0.3 is 5.32 Å². The third kappa shape index (κ3) is 3.32. The summed E-state index contributed by atoms with van der Waals surface area (Å²) in [6.45, 7) is 3.68. The van der Waals surface area contributed by atoms with Crippen molar-refractivity contribution in [3.05, 3.63) is 59.7 Å². The predicted molar refractivity (Wildman–Crippen MR) is 68.4 cm³/mol. The molecular formula is C14H15F2N3. The first-order valence-corrected chi connectivity index (χ1v) is 6.05. The second-order valence-electron chi connectivity index (χ2n) is 4.41. The molecule has 0 fully saturated rings. The summed E-state index contributed by atoms with van der Waals surface area (Å²) >= 11 is 0. The summed E-state index contributed by atoms with van der Waals surface area (Å²) in [5, 5.41) is 3.17. The normalized spacial score (nSPS) is 14.1. The highest BCUT2D eigenvalue weighted by Crippen LogP contribution is 2.21. The fraction of sp³-hybridized carbons (Fsp3) is 0.286. The molecule has 2 unspecified atom stereocenters. The van der Waals surface area contributed by atoms with E-state index in [2.05, 4.69) is 15.3 Å². The molecule has 0 saturated carbocycles. The van der Waals surface area contributed by atoms with Gasteiger partial charge in [-0.1, -0.05) is 0 Å². The quantitative estimate of drug-likeness (QED) is 0.920. The first-order valence-electron chi connectivity index (χ1n) is 6.05. The van der Waals surface area contributed by atoms with Gasteiger partial charge in [0.1, 0.15) is 11.6 Å². The van der Waals surface area contributed by atoms with E-state index < -0.39 is 11.6 Å². The van der Waals surface area contributed by atoms with Gasteiger partial charge in [-0.2, -0.15) is 0 Å². The summed E-state index contributed by atoms with van der Waals surface area (Å²) in [6.07, 6.45) is 4.83. The van der Waals surface area contributed by atoms with E-state index in [4.69, 9.17) is 0 Å². The highest BCUT2D eigenvalue weighted by molar-refractivity contribution is 5.22. The maximum Gasteiger partial charge on any atom is 0.128 e. The molecule has 5 heteroatoms. The minimum Gasteiger partial charge on any atom is -0.302 e. The summed E-state index contributed by atoms with van der Waals surface area (Å²) in [5.74, 6) is -0.870. The average Bonchev–Trinajstić information content (AvgIpc) is 2.42. The summed E-state index contributed by atoms with van der Waals surface area (Å²) in [7, 11) is 0. The average molecular weight is 263 g/mol. The van der Waals surface area contributed by atoms with Crippen LogP contribution in [0.15, 0.2) is 36.8 Å². The van der Waals surface area contributed by atoms with Crippen molar-refractivity contribution in [3.63, 3.8) is 0 Å². The Balaban J connectivity index is 2.13. The van der Waals surface area contributed by atoms with Crippen LogP contribution in [0.4, 0.5) is 8.78 Å². The standard InChI is InChI=1S/C14H15F2N3/c1-9(12-7-11(15)3-4-13(12)16)19-10(2)14-8-17-5-6-18-14/h3-10,19H,1-2H3. The number of hydrogen-bond donors (Lipinski definition) is 1. The van der Waals surface area contributed by atoms with Crippen molar-refractivity contribution in [2.45, 2.75) is 25.9 Å². The van der Waals surface area contributed by atoms with Gasteiger partial charge in [0.25, 0.3) is 0 Å². The van der Waals surface area contributed by atoms with E-state index in [1.54, 1.807) is 25.5 Å². The van der Waals surface area contributed by atoms with Crippen molar-refractivity contribution in [1.29, 1.82) is 0 Å². The third-order valence-corrected chi connectivity index (χ3v) is 2.95. The summed E-state index contributed by atoms with van der Waals surface area (Å²) in [4.78, 5) is 8.15. The highest BCUT2D eigenvalue weighted by Gasteiger charge is 2.15. The van der Waals surface area contributed by atoms with E-state index in [-0.39, 0.29) is 12.1 Å². The maximum absolute atomic E-state index is 13.6. The third-order valence-electron chi connectivity index (χ3n) is 2.95. The Morgan fingerprint density at radius 2 is 1.89 bits per heavy atom. The summed E-state index contributed by atoms with van der Waals surface area (Å²) in [6, 6.07) is 3.02. The Kier molecular flexibility index (Phi) is 4.16. The summed E-state index contributed by atoms with van der Waals surface area (Å²) in [5.41, 5.74) is 1.06. The lowest BCUT2D eigenvalue weighted by molar-refractivity contribution is 0.463. The minimum atomic E-state index is -0.447. The molecule has 0 saturated heterocycles. The topological polar surface area (TPSA) is 37.8 Å². The largest absolute Gasteiger partial charge is 0.302 e. The van der Waals surface area contributed by atoms with Crippen LogP contribution in [-0.4, -0.2) is 9.97 Å². The predicted octanol–water partition coefficient (Wildman–Crippen LogP) is 3.17. The summed E-state index contributed by atoms with van der Waals surface area (Å²) < 4.78 is 26.8. The van der Waals surface area contributed by atoms with Crippen LogP contribution in [0.1, 0.15) is 37.2 Å². The number of benzene rings is 1. The Hall–Kier alpha value is -1.88. The van der Waals surface area contributed by atoms with Crippen LogP contribution in [0, 0.1) is 11.6 Å². The van der Waals surface area contributed by atoms with Crippen LogP contribution in [0.5, 0.6) is 0 Å². The first-order chi connectivity index (χ1) is 9.08. The van der Waals surface area contributed by atoms with Gasteiger partial charge in [0, 0.05) is 36.2 Å². The monoisotopic (exact) mass is 263 g/mol. The Morgan fingerprint density at radius 3 is 2.58 bits per heavy atom. The molecule has 0 bridgehead atoms. The Labute approximate surface area is 110 Å². The second-order valence-corrected chi connectivity index (χ2v) is 4.41. The van der Waals surface area contributed by atoms with Gasteiger partial charge in [-0.05, 0) is 32.0 Å². The maximum atomic E-state index is 13.6. The van der Waals surface area contributed by atoms with Gasteiger partial charge in [0.05, 0.1) is 5.69 Å². The second kappa shape index (κ2) is 5.84. The minimum absolute atomic E-state index is 0.105. The van der Waals surface area contributed by atoms with E-state index in [9.17, 15) is 8.78 Å². The first kappa shape index (κ1) is 13.5. The molecule has 100 valence electrons. The van der Waals surface area contributed by atoms with Gasteiger partial charge in [-0.15, -0.1) is 0 Å².